The molecule has 1 fully saturated rings. The van der Waals surface area contributed by atoms with Crippen LogP contribution in [0.3, 0.4) is 0 Å². The Balaban J connectivity index is 2.02. The van der Waals surface area contributed by atoms with Gasteiger partial charge in [-0.05, 0) is 25.2 Å². The molecule has 0 aromatic heterocycles. The first-order valence-electron chi connectivity index (χ1n) is 8.22. The number of ether oxygens (including phenoxy) is 1. The van der Waals surface area contributed by atoms with Gasteiger partial charge in [0.15, 0.2) is 0 Å². The lowest BCUT2D eigenvalue weighted by molar-refractivity contribution is -0.130. The topological polar surface area (TPSA) is 44.8 Å². The smallest absolute Gasteiger partial charge is 0.236 e. The molecule has 0 aromatic carbocycles. The number of piperidine rings is 1. The second-order valence-electron chi connectivity index (χ2n) is 6.59. The average molecular weight is 299 g/mol. The number of hydrogen-bond donors (Lipinski definition) is 1. The molecule has 1 aliphatic heterocycles. The third-order valence-electron chi connectivity index (χ3n) is 3.96. The molecule has 0 saturated carbocycles. The van der Waals surface area contributed by atoms with E-state index in [0.29, 0.717) is 18.5 Å². The Kier molecular flexibility index (Phi) is 8.88. The maximum absolute atomic E-state index is 11.7. The summed E-state index contributed by atoms with van der Waals surface area (Å²) >= 11 is 0. The number of carbonyl (C=O) groups is 1. The van der Waals surface area contributed by atoms with Crippen molar-refractivity contribution in [3.05, 3.63) is 0 Å². The number of nitrogens with zero attached hydrogens (tertiary/aromatic N) is 2. The van der Waals surface area contributed by atoms with Gasteiger partial charge >= 0.3 is 0 Å². The molecule has 1 N–H and O–H groups in total. The fourth-order valence-corrected chi connectivity index (χ4v) is 2.38. The summed E-state index contributed by atoms with van der Waals surface area (Å²) < 4.78 is 5.61. The number of likely N-dealkylation sites (N-methyl/N-ethyl adjacent to an activating group) is 1. The number of amides is 1. The van der Waals surface area contributed by atoms with Gasteiger partial charge in [-0.15, -0.1) is 0 Å². The van der Waals surface area contributed by atoms with E-state index in [9.17, 15) is 4.79 Å². The number of hydrogen-bond acceptors (Lipinski definition) is 4. The summed E-state index contributed by atoms with van der Waals surface area (Å²) in [6.45, 7) is 9.59. The Morgan fingerprint density at radius 2 is 1.95 bits per heavy atom. The summed E-state index contributed by atoms with van der Waals surface area (Å²) in [5.74, 6) is 0.909. The predicted octanol–water partition coefficient (Wildman–Crippen LogP) is 1.19. The predicted molar refractivity (Wildman–Crippen MR) is 86.4 cm³/mol. The van der Waals surface area contributed by atoms with Gasteiger partial charge in [-0.3, -0.25) is 9.69 Å². The van der Waals surface area contributed by atoms with Crippen LogP contribution < -0.4 is 5.32 Å². The van der Waals surface area contributed by atoms with Crippen LogP contribution in [-0.2, 0) is 9.53 Å². The summed E-state index contributed by atoms with van der Waals surface area (Å²) in [5.41, 5.74) is 0. The summed E-state index contributed by atoms with van der Waals surface area (Å²) in [6.07, 6.45) is 3.37. The van der Waals surface area contributed by atoms with Crippen molar-refractivity contribution in [1.82, 2.24) is 15.1 Å². The van der Waals surface area contributed by atoms with Crippen molar-refractivity contribution in [2.75, 3.05) is 53.5 Å². The quantitative estimate of drug-likeness (QED) is 0.650. The lowest BCUT2D eigenvalue weighted by atomic mass is 10.1. The number of carbonyl (C=O) groups excluding carboxylic acids is 1. The summed E-state index contributed by atoms with van der Waals surface area (Å²) in [7, 11) is 3.63. The third-order valence-corrected chi connectivity index (χ3v) is 3.96. The van der Waals surface area contributed by atoms with Crippen molar-refractivity contribution in [3.8, 4) is 0 Å². The largest absolute Gasteiger partial charge is 0.380 e. The van der Waals surface area contributed by atoms with Gasteiger partial charge < -0.3 is 15.0 Å². The normalized spacial score (nSPS) is 17.4. The molecule has 1 aliphatic rings. The molecule has 1 amide bonds. The van der Waals surface area contributed by atoms with Crippen LogP contribution in [0.1, 0.15) is 33.1 Å². The zero-order valence-electron chi connectivity index (χ0n) is 14.2. The second kappa shape index (κ2) is 10.1. The van der Waals surface area contributed by atoms with Gasteiger partial charge in [-0.25, -0.2) is 0 Å². The number of nitrogens with one attached hydrogen (secondary N) is 1. The highest BCUT2D eigenvalue weighted by Gasteiger charge is 2.20. The van der Waals surface area contributed by atoms with Crippen molar-refractivity contribution in [2.45, 2.75) is 39.2 Å². The van der Waals surface area contributed by atoms with E-state index in [2.05, 4.69) is 24.1 Å². The second-order valence-corrected chi connectivity index (χ2v) is 6.59. The molecular weight excluding hydrogens is 266 g/mol. The molecule has 5 nitrogen and oxygen atoms in total. The lowest BCUT2D eigenvalue weighted by Gasteiger charge is -2.32. The summed E-state index contributed by atoms with van der Waals surface area (Å²) in [4.78, 5) is 15.6. The van der Waals surface area contributed by atoms with E-state index in [4.69, 9.17) is 4.74 Å². The molecule has 5 heteroatoms. The molecule has 0 unspecified atom stereocenters. The standard InChI is InChI=1S/C16H33N3O2/c1-14(2)7-11-21-12-8-17-15-5-9-19(10-6-15)13-16(20)18(3)4/h14-15,17H,5-13H2,1-4H3. The van der Waals surface area contributed by atoms with Crippen LogP contribution >= 0.6 is 0 Å². The van der Waals surface area contributed by atoms with Crippen LogP contribution in [0.2, 0.25) is 0 Å². The molecular formula is C16H33N3O2. The number of rotatable bonds is 9. The Morgan fingerprint density at radius 1 is 1.29 bits per heavy atom. The van der Waals surface area contributed by atoms with Crippen molar-refractivity contribution >= 4 is 5.91 Å². The Labute approximate surface area is 130 Å². The maximum Gasteiger partial charge on any atom is 0.236 e. The zero-order valence-corrected chi connectivity index (χ0v) is 14.2. The molecule has 0 aromatic rings. The van der Waals surface area contributed by atoms with Crippen LogP contribution in [0.25, 0.3) is 0 Å². The van der Waals surface area contributed by atoms with Gasteiger partial charge in [-0.2, -0.15) is 0 Å². The highest BCUT2D eigenvalue weighted by molar-refractivity contribution is 5.77. The van der Waals surface area contributed by atoms with Crippen LogP contribution in [0.15, 0.2) is 0 Å². The molecule has 1 saturated heterocycles. The third kappa shape index (κ3) is 8.39. The van der Waals surface area contributed by atoms with E-state index in [1.807, 2.05) is 14.1 Å². The first kappa shape index (κ1) is 18.4. The summed E-state index contributed by atoms with van der Waals surface area (Å²) in [6, 6.07) is 0.574. The number of likely N-dealkylation sites (tertiary alicyclic amines) is 1. The van der Waals surface area contributed by atoms with E-state index >= 15 is 0 Å². The SMILES string of the molecule is CC(C)CCOCCNC1CCN(CC(=O)N(C)C)CC1. The van der Waals surface area contributed by atoms with Crippen molar-refractivity contribution in [2.24, 2.45) is 5.92 Å². The first-order valence-corrected chi connectivity index (χ1v) is 8.22. The first-order chi connectivity index (χ1) is 9.99. The Hall–Kier alpha value is -0.650. The van der Waals surface area contributed by atoms with Crippen LogP contribution in [0.5, 0.6) is 0 Å². The Bertz CT molecular complexity index is 287. The molecule has 124 valence electrons. The zero-order chi connectivity index (χ0) is 15.7. The molecule has 0 atom stereocenters. The van der Waals surface area contributed by atoms with Gasteiger partial charge in [-0.1, -0.05) is 13.8 Å². The molecule has 0 spiro atoms. The van der Waals surface area contributed by atoms with Gasteiger partial charge in [0.25, 0.3) is 0 Å². The van der Waals surface area contributed by atoms with Crippen molar-refractivity contribution in [3.63, 3.8) is 0 Å². The average Bonchev–Trinajstić information content (AvgIpc) is 2.44. The van der Waals surface area contributed by atoms with Crippen LogP contribution in [-0.4, -0.2) is 75.2 Å². The fraction of sp³-hybridized carbons (Fsp3) is 0.938. The highest BCUT2D eigenvalue weighted by atomic mass is 16.5. The minimum absolute atomic E-state index is 0.194. The molecule has 0 aliphatic carbocycles. The summed E-state index contributed by atoms with van der Waals surface area (Å²) in [5, 5.41) is 3.56. The lowest BCUT2D eigenvalue weighted by Crippen LogP contribution is -2.46. The van der Waals surface area contributed by atoms with Crippen LogP contribution in [0.4, 0.5) is 0 Å². The van der Waals surface area contributed by atoms with Gasteiger partial charge in [0.1, 0.15) is 0 Å². The minimum Gasteiger partial charge on any atom is -0.380 e. The molecule has 21 heavy (non-hydrogen) atoms. The van der Waals surface area contributed by atoms with Gasteiger partial charge in [0, 0.05) is 46.4 Å². The monoisotopic (exact) mass is 299 g/mol. The van der Waals surface area contributed by atoms with Crippen molar-refractivity contribution < 1.29 is 9.53 Å². The van der Waals surface area contributed by atoms with Gasteiger partial charge in [0.05, 0.1) is 13.2 Å². The van der Waals surface area contributed by atoms with Crippen molar-refractivity contribution in [1.29, 1.82) is 0 Å². The van der Waals surface area contributed by atoms with E-state index < -0.39 is 0 Å². The maximum atomic E-state index is 11.7. The fourth-order valence-electron chi connectivity index (χ4n) is 2.38. The van der Waals surface area contributed by atoms with E-state index in [1.165, 1.54) is 0 Å². The van der Waals surface area contributed by atoms with Crippen LogP contribution in [0, 0.1) is 5.92 Å². The molecule has 0 radical (unpaired) electrons. The molecule has 1 rings (SSSR count). The van der Waals surface area contributed by atoms with Gasteiger partial charge in [0.2, 0.25) is 5.91 Å². The van der Waals surface area contributed by atoms with E-state index in [0.717, 1.165) is 52.1 Å². The Morgan fingerprint density at radius 3 is 2.52 bits per heavy atom. The molecule has 1 heterocycles. The van der Waals surface area contributed by atoms with E-state index in [-0.39, 0.29) is 5.91 Å². The minimum atomic E-state index is 0.194. The van der Waals surface area contributed by atoms with E-state index in [1.54, 1.807) is 4.90 Å². The highest BCUT2D eigenvalue weighted by Crippen LogP contribution is 2.10. The molecule has 0 bridgehead atoms.